The topological polar surface area (TPSA) is 48.1 Å². The minimum atomic E-state index is 0.0769. The Balaban J connectivity index is 2.27. The van der Waals surface area contributed by atoms with E-state index < -0.39 is 0 Å². The Labute approximate surface area is 121 Å². The number of aryl methyl sites for hydroxylation is 1. The van der Waals surface area contributed by atoms with E-state index in [2.05, 4.69) is 20.9 Å². The molecule has 0 aliphatic rings. The van der Waals surface area contributed by atoms with Crippen molar-refractivity contribution in [1.82, 2.24) is 4.98 Å². The Bertz CT molecular complexity index is 570. The number of hydrogen-bond donors (Lipinski definition) is 1. The van der Waals surface area contributed by atoms with E-state index in [9.17, 15) is 0 Å². The van der Waals surface area contributed by atoms with E-state index in [1.165, 1.54) is 5.56 Å². The highest BCUT2D eigenvalue weighted by Crippen LogP contribution is 2.31. The van der Waals surface area contributed by atoms with Crippen molar-refractivity contribution in [2.75, 3.05) is 0 Å². The summed E-state index contributed by atoms with van der Waals surface area (Å²) in [6.07, 6.45) is 2.47. The van der Waals surface area contributed by atoms with Crippen LogP contribution >= 0.6 is 15.9 Å². The summed E-state index contributed by atoms with van der Waals surface area (Å²) in [5, 5.41) is 0. The van der Waals surface area contributed by atoms with Crippen molar-refractivity contribution in [2.45, 2.75) is 26.3 Å². The molecule has 0 radical (unpaired) electrons. The van der Waals surface area contributed by atoms with Gasteiger partial charge in [-0.15, -0.1) is 0 Å². The number of hydrogen-bond acceptors (Lipinski definition) is 3. The zero-order valence-electron chi connectivity index (χ0n) is 11.1. The van der Waals surface area contributed by atoms with Crippen LogP contribution in [0.4, 0.5) is 0 Å². The van der Waals surface area contributed by atoms with Gasteiger partial charge in [0, 0.05) is 17.8 Å². The maximum atomic E-state index is 5.88. The molecule has 1 atom stereocenters. The van der Waals surface area contributed by atoms with Crippen LogP contribution in [0.15, 0.2) is 41.0 Å². The van der Waals surface area contributed by atoms with Gasteiger partial charge in [-0.1, -0.05) is 12.1 Å². The zero-order valence-corrected chi connectivity index (χ0v) is 12.6. The molecule has 4 heteroatoms. The summed E-state index contributed by atoms with van der Waals surface area (Å²) in [7, 11) is 0. The molecule has 0 bridgehead atoms. The number of ether oxygens (including phenoxy) is 1. The molecule has 1 heterocycles. The predicted molar refractivity (Wildman–Crippen MR) is 80.5 cm³/mol. The fraction of sp³-hybridized carbons (Fsp3) is 0.267. The maximum absolute atomic E-state index is 5.88. The van der Waals surface area contributed by atoms with E-state index >= 15 is 0 Å². The molecule has 2 aromatic rings. The van der Waals surface area contributed by atoms with Gasteiger partial charge in [-0.2, -0.15) is 0 Å². The second kappa shape index (κ2) is 6.17. The number of nitrogens with two attached hydrogens (primary N) is 1. The van der Waals surface area contributed by atoms with Crippen LogP contribution in [0.2, 0.25) is 0 Å². The molecule has 0 fully saturated rings. The lowest BCUT2D eigenvalue weighted by molar-refractivity contribution is 0.451. The third-order valence-corrected chi connectivity index (χ3v) is 3.31. The normalized spacial score (nSPS) is 12.2. The minimum absolute atomic E-state index is 0.0769. The number of rotatable bonds is 4. The highest BCUT2D eigenvalue weighted by molar-refractivity contribution is 9.10. The molecule has 2 rings (SSSR count). The van der Waals surface area contributed by atoms with Gasteiger partial charge in [0.1, 0.15) is 5.75 Å². The predicted octanol–water partition coefficient (Wildman–Crippen LogP) is 3.83. The first-order valence-corrected chi connectivity index (χ1v) is 6.99. The molecule has 1 unspecified atom stereocenters. The Hall–Kier alpha value is -1.39. The Morgan fingerprint density at radius 2 is 2.16 bits per heavy atom. The Kier molecular flexibility index (Phi) is 4.56. The van der Waals surface area contributed by atoms with Gasteiger partial charge in [0.05, 0.1) is 4.47 Å². The molecule has 1 aromatic carbocycles. The molecule has 19 heavy (non-hydrogen) atoms. The Morgan fingerprint density at radius 3 is 2.84 bits per heavy atom. The second-order valence-electron chi connectivity index (χ2n) is 4.69. The molecular weight excluding hydrogens is 304 g/mol. The van der Waals surface area contributed by atoms with Crippen LogP contribution in [0, 0.1) is 6.92 Å². The van der Waals surface area contributed by atoms with E-state index in [1.807, 2.05) is 44.2 Å². The fourth-order valence-electron chi connectivity index (χ4n) is 1.81. The van der Waals surface area contributed by atoms with Gasteiger partial charge in [-0.25, -0.2) is 4.98 Å². The van der Waals surface area contributed by atoms with E-state index in [1.54, 1.807) is 6.20 Å². The first kappa shape index (κ1) is 14.0. The van der Waals surface area contributed by atoms with Gasteiger partial charge in [0.15, 0.2) is 0 Å². The number of halogens is 1. The van der Waals surface area contributed by atoms with Crippen LogP contribution in [-0.4, -0.2) is 11.0 Å². The lowest BCUT2D eigenvalue weighted by Crippen LogP contribution is -2.18. The smallest absolute Gasteiger partial charge is 0.222 e. The molecule has 2 N–H and O–H groups in total. The minimum Gasteiger partial charge on any atom is -0.438 e. The Morgan fingerprint density at radius 1 is 1.37 bits per heavy atom. The summed E-state index contributed by atoms with van der Waals surface area (Å²) in [5.41, 5.74) is 8.04. The number of aromatic nitrogens is 1. The molecule has 0 amide bonds. The molecule has 0 aliphatic carbocycles. The van der Waals surface area contributed by atoms with Crippen LogP contribution in [0.25, 0.3) is 0 Å². The quantitative estimate of drug-likeness (QED) is 0.931. The maximum Gasteiger partial charge on any atom is 0.222 e. The first-order valence-electron chi connectivity index (χ1n) is 6.19. The van der Waals surface area contributed by atoms with Crippen LogP contribution < -0.4 is 10.5 Å². The van der Waals surface area contributed by atoms with E-state index in [0.717, 1.165) is 22.2 Å². The number of pyridine rings is 1. The van der Waals surface area contributed by atoms with Gasteiger partial charge in [-0.05, 0) is 60.0 Å². The zero-order chi connectivity index (χ0) is 13.8. The van der Waals surface area contributed by atoms with Crippen LogP contribution in [-0.2, 0) is 6.42 Å². The summed E-state index contributed by atoms with van der Waals surface area (Å²) in [4.78, 5) is 4.29. The standard InChI is InChI=1S/C15H17BrN2O/c1-10-5-6-14(13(16)8-10)19-15-12(9-11(2)17)4-3-7-18-15/h3-8,11H,9,17H2,1-2H3. The van der Waals surface area contributed by atoms with Crippen molar-refractivity contribution in [1.29, 1.82) is 0 Å². The van der Waals surface area contributed by atoms with Crippen molar-refractivity contribution in [3.05, 3.63) is 52.1 Å². The van der Waals surface area contributed by atoms with Gasteiger partial charge in [-0.3, -0.25) is 0 Å². The largest absolute Gasteiger partial charge is 0.438 e. The molecule has 100 valence electrons. The third-order valence-electron chi connectivity index (χ3n) is 2.69. The molecular formula is C15H17BrN2O. The van der Waals surface area contributed by atoms with Crippen molar-refractivity contribution < 1.29 is 4.74 Å². The average molecular weight is 321 g/mol. The second-order valence-corrected chi connectivity index (χ2v) is 5.54. The van der Waals surface area contributed by atoms with E-state index in [-0.39, 0.29) is 6.04 Å². The molecule has 1 aromatic heterocycles. The van der Waals surface area contributed by atoms with Gasteiger partial charge in [0.2, 0.25) is 5.88 Å². The third kappa shape index (κ3) is 3.78. The summed E-state index contributed by atoms with van der Waals surface area (Å²) in [6.45, 7) is 4.01. The average Bonchev–Trinajstić information content (AvgIpc) is 2.34. The van der Waals surface area contributed by atoms with Gasteiger partial charge >= 0.3 is 0 Å². The highest BCUT2D eigenvalue weighted by atomic mass is 79.9. The van der Waals surface area contributed by atoms with Crippen molar-refractivity contribution >= 4 is 15.9 Å². The summed E-state index contributed by atoms with van der Waals surface area (Å²) in [5.74, 6) is 1.37. The lowest BCUT2D eigenvalue weighted by Gasteiger charge is -2.12. The number of nitrogens with zero attached hydrogens (tertiary/aromatic N) is 1. The molecule has 3 nitrogen and oxygen atoms in total. The molecule has 0 aliphatic heterocycles. The van der Waals surface area contributed by atoms with Crippen LogP contribution in [0.3, 0.4) is 0 Å². The van der Waals surface area contributed by atoms with Gasteiger partial charge in [0.25, 0.3) is 0 Å². The summed E-state index contributed by atoms with van der Waals surface area (Å²) < 4.78 is 6.80. The van der Waals surface area contributed by atoms with Crippen molar-refractivity contribution in [3.63, 3.8) is 0 Å². The molecule has 0 spiro atoms. The fourth-order valence-corrected chi connectivity index (χ4v) is 2.39. The number of benzene rings is 1. The highest BCUT2D eigenvalue weighted by Gasteiger charge is 2.10. The van der Waals surface area contributed by atoms with Crippen molar-refractivity contribution in [2.24, 2.45) is 5.73 Å². The summed E-state index contributed by atoms with van der Waals surface area (Å²) in [6, 6.07) is 9.93. The first-order chi connectivity index (χ1) is 9.06. The molecule has 0 saturated heterocycles. The van der Waals surface area contributed by atoms with Gasteiger partial charge < -0.3 is 10.5 Å². The van der Waals surface area contributed by atoms with E-state index in [4.69, 9.17) is 10.5 Å². The SMILES string of the molecule is Cc1ccc(Oc2ncccc2CC(C)N)c(Br)c1. The van der Waals surface area contributed by atoms with Crippen LogP contribution in [0.1, 0.15) is 18.1 Å². The van der Waals surface area contributed by atoms with Crippen molar-refractivity contribution in [3.8, 4) is 11.6 Å². The monoisotopic (exact) mass is 320 g/mol. The molecule has 0 saturated carbocycles. The summed E-state index contributed by atoms with van der Waals surface area (Å²) >= 11 is 3.50. The van der Waals surface area contributed by atoms with E-state index in [0.29, 0.717) is 5.88 Å². The lowest BCUT2D eigenvalue weighted by atomic mass is 10.1. The van der Waals surface area contributed by atoms with Crippen LogP contribution in [0.5, 0.6) is 11.6 Å².